The molecule has 2 aromatic rings. The molecule has 1 heterocycles. The maximum absolute atomic E-state index is 12.5. The summed E-state index contributed by atoms with van der Waals surface area (Å²) < 4.78 is 40.9. The number of hydrogen-bond acceptors (Lipinski definition) is 3. The van der Waals surface area contributed by atoms with Gasteiger partial charge in [0.05, 0.1) is 5.56 Å². The van der Waals surface area contributed by atoms with Gasteiger partial charge in [-0.1, -0.05) is 18.2 Å². The molecule has 1 unspecified atom stereocenters. The normalized spacial score (nSPS) is 15.4. The third-order valence-electron chi connectivity index (χ3n) is 4.21. The highest BCUT2D eigenvalue weighted by atomic mass is 32.2. The molecule has 0 aliphatic carbocycles. The molecule has 1 aliphatic rings. The van der Waals surface area contributed by atoms with Crippen molar-refractivity contribution in [2.45, 2.75) is 30.5 Å². The Morgan fingerprint density at radius 3 is 2.54 bits per heavy atom. The Labute approximate surface area is 144 Å². The van der Waals surface area contributed by atoms with Crippen molar-refractivity contribution in [3.8, 4) is 0 Å². The predicted octanol–water partition coefficient (Wildman–Crippen LogP) is 4.75. The van der Waals surface area contributed by atoms with Gasteiger partial charge in [0.15, 0.2) is 0 Å². The molecule has 2 nitrogen and oxygen atoms in total. The molecule has 0 saturated carbocycles. The van der Waals surface area contributed by atoms with Crippen molar-refractivity contribution in [3.63, 3.8) is 0 Å². The first-order chi connectivity index (χ1) is 11.4. The second kappa shape index (κ2) is 7.07. The Morgan fingerprint density at radius 1 is 1.12 bits per heavy atom. The first kappa shape index (κ1) is 17.2. The lowest BCUT2D eigenvalue weighted by atomic mass is 10.2. The minimum Gasteiger partial charge on any atom is -0.367 e. The molecule has 0 saturated heterocycles. The fraction of sp³-hybridized carbons (Fsp3) is 0.333. The van der Waals surface area contributed by atoms with E-state index in [1.54, 1.807) is 0 Å². The molecule has 0 radical (unpaired) electrons. The number of hydrogen-bond donors (Lipinski definition) is 1. The van der Waals surface area contributed by atoms with Gasteiger partial charge in [-0.15, -0.1) is 0 Å². The fourth-order valence-corrected chi connectivity index (χ4v) is 3.65. The standard InChI is InChI=1S/C18H19F3N2S/c1-13(23-11-10-14-4-2-3-5-17(14)23)12-22-24-16-8-6-15(7-9-16)18(19,20)21/h2-9,13,22H,10-12H2,1H3. The van der Waals surface area contributed by atoms with Crippen LogP contribution < -0.4 is 9.62 Å². The van der Waals surface area contributed by atoms with Gasteiger partial charge in [-0.3, -0.25) is 4.72 Å². The zero-order valence-corrected chi connectivity index (χ0v) is 14.1. The van der Waals surface area contributed by atoms with Crippen LogP contribution in [0.15, 0.2) is 53.4 Å². The maximum atomic E-state index is 12.5. The SMILES string of the molecule is CC(CNSc1ccc(C(F)(F)F)cc1)N1CCc2ccccc21. The molecule has 0 aromatic heterocycles. The average molecular weight is 352 g/mol. The van der Waals surface area contributed by atoms with Crippen molar-refractivity contribution in [3.05, 3.63) is 59.7 Å². The van der Waals surface area contributed by atoms with Crippen molar-refractivity contribution in [1.29, 1.82) is 0 Å². The number of nitrogens with zero attached hydrogens (tertiary/aromatic N) is 1. The molecule has 6 heteroatoms. The molecule has 2 aromatic carbocycles. The molecule has 0 fully saturated rings. The molecule has 1 N–H and O–H groups in total. The monoisotopic (exact) mass is 352 g/mol. The predicted molar refractivity (Wildman–Crippen MR) is 92.3 cm³/mol. The maximum Gasteiger partial charge on any atom is 0.416 e. The lowest BCUT2D eigenvalue weighted by molar-refractivity contribution is -0.137. The quantitative estimate of drug-likeness (QED) is 0.782. The van der Waals surface area contributed by atoms with E-state index >= 15 is 0 Å². The average Bonchev–Trinajstić information content (AvgIpc) is 2.98. The van der Waals surface area contributed by atoms with E-state index in [2.05, 4.69) is 34.7 Å². The number of halogens is 3. The third kappa shape index (κ3) is 3.87. The zero-order chi connectivity index (χ0) is 17.2. The molecule has 0 bridgehead atoms. The van der Waals surface area contributed by atoms with Crippen LogP contribution in [0.4, 0.5) is 18.9 Å². The third-order valence-corrected chi connectivity index (χ3v) is 5.02. The van der Waals surface area contributed by atoms with Gasteiger partial charge in [0.2, 0.25) is 0 Å². The summed E-state index contributed by atoms with van der Waals surface area (Å²) in [4.78, 5) is 3.15. The van der Waals surface area contributed by atoms with Crippen molar-refractivity contribution >= 4 is 17.6 Å². The molecule has 3 rings (SSSR count). The lowest BCUT2D eigenvalue weighted by Gasteiger charge is -2.27. The van der Waals surface area contributed by atoms with E-state index in [0.717, 1.165) is 36.5 Å². The van der Waals surface area contributed by atoms with Gasteiger partial charge >= 0.3 is 6.18 Å². The second-order valence-electron chi connectivity index (χ2n) is 5.89. The Balaban J connectivity index is 1.52. The number of benzene rings is 2. The summed E-state index contributed by atoms with van der Waals surface area (Å²) in [5.74, 6) is 0. The van der Waals surface area contributed by atoms with Gasteiger partial charge in [0.1, 0.15) is 0 Å². The van der Waals surface area contributed by atoms with Crippen molar-refractivity contribution in [2.24, 2.45) is 0 Å². The van der Waals surface area contributed by atoms with Crippen LogP contribution in [0.5, 0.6) is 0 Å². The number of alkyl halides is 3. The van der Waals surface area contributed by atoms with Gasteiger partial charge in [-0.25, -0.2) is 0 Å². The fourth-order valence-electron chi connectivity index (χ4n) is 2.89. The molecular formula is C18H19F3N2S. The van der Waals surface area contributed by atoms with Crippen LogP contribution >= 0.6 is 11.9 Å². The summed E-state index contributed by atoms with van der Waals surface area (Å²) in [6.07, 6.45) is -3.22. The van der Waals surface area contributed by atoms with Crippen molar-refractivity contribution < 1.29 is 13.2 Å². The van der Waals surface area contributed by atoms with E-state index < -0.39 is 11.7 Å². The molecule has 1 aliphatic heterocycles. The Kier molecular flexibility index (Phi) is 5.06. The summed E-state index contributed by atoms with van der Waals surface area (Å²) in [5.41, 5.74) is 2.04. The largest absolute Gasteiger partial charge is 0.416 e. The summed E-state index contributed by atoms with van der Waals surface area (Å²) in [5, 5.41) is 0. The molecule has 24 heavy (non-hydrogen) atoms. The van der Waals surface area contributed by atoms with Crippen LogP contribution in [0.25, 0.3) is 0 Å². The van der Waals surface area contributed by atoms with Crippen LogP contribution in [0.1, 0.15) is 18.1 Å². The zero-order valence-electron chi connectivity index (χ0n) is 13.3. The van der Waals surface area contributed by atoms with Crippen LogP contribution in [0.2, 0.25) is 0 Å². The van der Waals surface area contributed by atoms with Gasteiger partial charge < -0.3 is 4.90 Å². The van der Waals surface area contributed by atoms with Gasteiger partial charge in [0.25, 0.3) is 0 Å². The van der Waals surface area contributed by atoms with E-state index in [1.807, 2.05) is 6.07 Å². The molecule has 0 amide bonds. The van der Waals surface area contributed by atoms with E-state index in [1.165, 1.54) is 35.3 Å². The van der Waals surface area contributed by atoms with Crippen LogP contribution in [0, 0.1) is 0 Å². The molecule has 1 atom stereocenters. The van der Waals surface area contributed by atoms with Gasteiger partial charge in [-0.2, -0.15) is 13.2 Å². The number of fused-ring (bicyclic) bond motifs is 1. The molecule has 128 valence electrons. The molecular weight excluding hydrogens is 333 g/mol. The smallest absolute Gasteiger partial charge is 0.367 e. The summed E-state index contributed by atoms with van der Waals surface area (Å²) in [6, 6.07) is 13.9. The summed E-state index contributed by atoms with van der Waals surface area (Å²) in [6.45, 7) is 3.91. The van der Waals surface area contributed by atoms with Crippen LogP contribution in [-0.2, 0) is 12.6 Å². The first-order valence-electron chi connectivity index (χ1n) is 7.86. The Bertz CT molecular complexity index is 685. The highest BCUT2D eigenvalue weighted by molar-refractivity contribution is 7.97. The number of anilines is 1. The van der Waals surface area contributed by atoms with E-state index in [4.69, 9.17) is 0 Å². The van der Waals surface area contributed by atoms with Crippen LogP contribution in [0.3, 0.4) is 0 Å². The number of para-hydroxylation sites is 1. The first-order valence-corrected chi connectivity index (χ1v) is 8.68. The topological polar surface area (TPSA) is 15.3 Å². The summed E-state index contributed by atoms with van der Waals surface area (Å²) >= 11 is 1.36. The van der Waals surface area contributed by atoms with Gasteiger partial charge in [-0.05, 0) is 61.2 Å². The highest BCUT2D eigenvalue weighted by Gasteiger charge is 2.30. The second-order valence-corrected chi connectivity index (χ2v) is 6.86. The molecule has 0 spiro atoms. The van der Waals surface area contributed by atoms with E-state index in [0.29, 0.717) is 6.04 Å². The van der Waals surface area contributed by atoms with Crippen molar-refractivity contribution in [2.75, 3.05) is 18.0 Å². The van der Waals surface area contributed by atoms with Crippen LogP contribution in [-0.4, -0.2) is 19.1 Å². The van der Waals surface area contributed by atoms with Gasteiger partial charge in [0, 0.05) is 29.7 Å². The number of nitrogens with one attached hydrogen (secondary N) is 1. The van der Waals surface area contributed by atoms with Crippen molar-refractivity contribution in [1.82, 2.24) is 4.72 Å². The Morgan fingerprint density at radius 2 is 1.83 bits per heavy atom. The van der Waals surface area contributed by atoms with E-state index in [-0.39, 0.29) is 0 Å². The van der Waals surface area contributed by atoms with E-state index in [9.17, 15) is 13.2 Å². The minimum atomic E-state index is -4.28. The highest BCUT2D eigenvalue weighted by Crippen LogP contribution is 2.31. The number of rotatable bonds is 5. The summed E-state index contributed by atoms with van der Waals surface area (Å²) in [7, 11) is 0. The lowest BCUT2D eigenvalue weighted by Crippen LogP contribution is -2.37. The minimum absolute atomic E-state index is 0.315. The Hall–Kier alpha value is -1.66.